The first-order chi connectivity index (χ1) is 10.2. The van der Waals surface area contributed by atoms with Crippen LogP contribution in [0.3, 0.4) is 0 Å². The third-order valence-electron chi connectivity index (χ3n) is 4.17. The Morgan fingerprint density at radius 3 is 3.00 bits per heavy atom. The fourth-order valence-electron chi connectivity index (χ4n) is 3.01. The fourth-order valence-corrected chi connectivity index (χ4v) is 4.29. The molecule has 2 aliphatic rings. The van der Waals surface area contributed by atoms with Crippen LogP contribution in [-0.4, -0.2) is 37.4 Å². The van der Waals surface area contributed by atoms with Crippen LogP contribution in [-0.2, 0) is 24.3 Å². The smallest absolute Gasteiger partial charge is 0.236 e. The number of nitrogens with zero attached hydrogens (tertiary/aromatic N) is 4. The highest BCUT2D eigenvalue weighted by Gasteiger charge is 2.33. The normalized spacial score (nSPS) is 20.2. The van der Waals surface area contributed by atoms with E-state index in [0.29, 0.717) is 6.54 Å². The number of thioether (sulfide) groups is 1. The van der Waals surface area contributed by atoms with E-state index in [2.05, 4.69) is 26.9 Å². The Labute approximate surface area is 127 Å². The second-order valence-electron chi connectivity index (χ2n) is 5.49. The molecule has 4 rings (SSSR count). The van der Waals surface area contributed by atoms with Crippen molar-refractivity contribution in [2.24, 2.45) is 0 Å². The van der Waals surface area contributed by atoms with Crippen LogP contribution in [0, 0.1) is 6.92 Å². The molecule has 0 radical (unpaired) electrons. The molecule has 0 bridgehead atoms. The fraction of sp³-hybridized carbons (Fsp3) is 0.400. The highest BCUT2D eigenvalue weighted by atomic mass is 32.2. The summed E-state index contributed by atoms with van der Waals surface area (Å²) in [5.41, 5.74) is 1.29. The number of hydrogen-bond acceptors (Lipinski definition) is 4. The lowest BCUT2D eigenvalue weighted by molar-refractivity contribution is -0.132. The van der Waals surface area contributed by atoms with Gasteiger partial charge in [-0.3, -0.25) is 4.79 Å². The van der Waals surface area contributed by atoms with Gasteiger partial charge >= 0.3 is 0 Å². The number of rotatable bonds is 1. The van der Waals surface area contributed by atoms with Gasteiger partial charge in [-0.2, -0.15) is 0 Å². The molecule has 0 fully saturated rings. The van der Waals surface area contributed by atoms with Crippen molar-refractivity contribution in [1.82, 2.24) is 19.7 Å². The Bertz CT molecular complexity index is 686. The molecule has 0 unspecified atom stereocenters. The highest BCUT2D eigenvalue weighted by molar-refractivity contribution is 8.01. The molecule has 2 aromatic rings. The van der Waals surface area contributed by atoms with Gasteiger partial charge in [-0.05, 0) is 25.0 Å². The minimum Gasteiger partial charge on any atom is -0.332 e. The van der Waals surface area contributed by atoms with Gasteiger partial charge in [-0.1, -0.05) is 18.2 Å². The molecule has 0 saturated carbocycles. The zero-order valence-electron chi connectivity index (χ0n) is 11.8. The molecule has 21 heavy (non-hydrogen) atoms. The first kappa shape index (κ1) is 12.9. The molecule has 0 saturated heterocycles. The first-order valence-electron chi connectivity index (χ1n) is 7.14. The van der Waals surface area contributed by atoms with Crippen molar-refractivity contribution in [3.8, 4) is 0 Å². The van der Waals surface area contributed by atoms with E-state index >= 15 is 0 Å². The molecule has 0 N–H and O–H groups in total. The maximum Gasteiger partial charge on any atom is 0.236 e. The summed E-state index contributed by atoms with van der Waals surface area (Å²) < 4.78 is 2.10. The summed E-state index contributed by atoms with van der Waals surface area (Å²) in [6, 6.07) is 8.29. The number of aryl methyl sites for hydroxylation is 1. The van der Waals surface area contributed by atoms with Crippen LogP contribution in [0.5, 0.6) is 0 Å². The standard InChI is InChI=1S/C15H16N4OS/c1-10-16-17-14-9-18(6-7-19(10)14)15(20)13-8-11-4-2-3-5-12(11)21-13/h2-5,13H,6-9H2,1H3/t13-/m0/s1. The van der Waals surface area contributed by atoms with E-state index in [1.807, 2.05) is 24.0 Å². The lowest BCUT2D eigenvalue weighted by Gasteiger charge is -2.29. The van der Waals surface area contributed by atoms with E-state index in [-0.39, 0.29) is 11.2 Å². The van der Waals surface area contributed by atoms with E-state index in [9.17, 15) is 4.79 Å². The number of hydrogen-bond donors (Lipinski definition) is 0. The lowest BCUT2D eigenvalue weighted by Crippen LogP contribution is -2.42. The minimum absolute atomic E-state index is 0.0120. The molecule has 1 aromatic carbocycles. The Morgan fingerprint density at radius 1 is 1.29 bits per heavy atom. The van der Waals surface area contributed by atoms with Crippen molar-refractivity contribution in [1.29, 1.82) is 0 Å². The van der Waals surface area contributed by atoms with Crippen molar-refractivity contribution < 1.29 is 4.79 Å². The van der Waals surface area contributed by atoms with Gasteiger partial charge in [0.25, 0.3) is 0 Å². The van der Waals surface area contributed by atoms with Gasteiger partial charge in [0.05, 0.1) is 11.8 Å². The zero-order valence-corrected chi connectivity index (χ0v) is 12.6. The van der Waals surface area contributed by atoms with Crippen molar-refractivity contribution >= 4 is 17.7 Å². The number of amides is 1. The van der Waals surface area contributed by atoms with Crippen LogP contribution < -0.4 is 0 Å². The number of carbonyl (C=O) groups excluding carboxylic acids is 1. The summed E-state index contributed by atoms with van der Waals surface area (Å²) in [4.78, 5) is 15.9. The van der Waals surface area contributed by atoms with Crippen LogP contribution in [0.2, 0.25) is 0 Å². The summed E-state index contributed by atoms with van der Waals surface area (Å²) in [6.45, 7) is 4.08. The summed E-state index contributed by atoms with van der Waals surface area (Å²) in [5.74, 6) is 2.05. The van der Waals surface area contributed by atoms with Gasteiger partial charge < -0.3 is 9.47 Å². The van der Waals surface area contributed by atoms with E-state index in [1.54, 1.807) is 11.8 Å². The van der Waals surface area contributed by atoms with E-state index < -0.39 is 0 Å². The van der Waals surface area contributed by atoms with E-state index in [4.69, 9.17) is 0 Å². The van der Waals surface area contributed by atoms with Crippen molar-refractivity contribution in [3.05, 3.63) is 41.5 Å². The number of aromatic nitrogens is 3. The van der Waals surface area contributed by atoms with E-state index in [1.165, 1.54) is 10.5 Å². The molecule has 1 atom stereocenters. The van der Waals surface area contributed by atoms with Crippen LogP contribution in [0.25, 0.3) is 0 Å². The maximum atomic E-state index is 12.7. The highest BCUT2D eigenvalue weighted by Crippen LogP contribution is 2.37. The van der Waals surface area contributed by atoms with Gasteiger partial charge in [-0.25, -0.2) is 0 Å². The van der Waals surface area contributed by atoms with Crippen LogP contribution >= 0.6 is 11.8 Å². The van der Waals surface area contributed by atoms with Crippen molar-refractivity contribution in [2.45, 2.75) is 36.6 Å². The van der Waals surface area contributed by atoms with Crippen molar-refractivity contribution in [3.63, 3.8) is 0 Å². The summed E-state index contributed by atoms with van der Waals surface area (Å²) in [7, 11) is 0. The number of carbonyl (C=O) groups is 1. The maximum absolute atomic E-state index is 12.7. The Morgan fingerprint density at radius 2 is 2.14 bits per heavy atom. The molecule has 108 valence electrons. The van der Waals surface area contributed by atoms with Crippen LogP contribution in [0.15, 0.2) is 29.2 Å². The van der Waals surface area contributed by atoms with Gasteiger partial charge in [-0.15, -0.1) is 22.0 Å². The van der Waals surface area contributed by atoms with Gasteiger partial charge in [0.2, 0.25) is 5.91 Å². The summed E-state index contributed by atoms with van der Waals surface area (Å²) >= 11 is 1.69. The molecular formula is C15H16N4OS. The molecule has 0 spiro atoms. The molecule has 5 nitrogen and oxygen atoms in total. The molecule has 1 aromatic heterocycles. The quantitative estimate of drug-likeness (QED) is 0.803. The molecule has 3 heterocycles. The molecule has 2 aliphatic heterocycles. The zero-order chi connectivity index (χ0) is 14.4. The van der Waals surface area contributed by atoms with E-state index in [0.717, 1.165) is 31.2 Å². The monoisotopic (exact) mass is 300 g/mol. The predicted octanol–water partition coefficient (Wildman–Crippen LogP) is 1.65. The third kappa shape index (κ3) is 2.14. The summed E-state index contributed by atoms with van der Waals surface area (Å²) in [6.07, 6.45) is 0.835. The third-order valence-corrected chi connectivity index (χ3v) is 5.48. The van der Waals surface area contributed by atoms with Gasteiger partial charge in [0.15, 0.2) is 5.82 Å². The Balaban J connectivity index is 1.50. The predicted molar refractivity (Wildman–Crippen MR) is 80.0 cm³/mol. The number of benzene rings is 1. The molecular weight excluding hydrogens is 284 g/mol. The SMILES string of the molecule is Cc1nnc2n1CCN(C(=O)[C@@H]1Cc3ccccc3S1)C2. The minimum atomic E-state index is 0.0120. The lowest BCUT2D eigenvalue weighted by atomic mass is 10.1. The Hall–Kier alpha value is -1.82. The molecule has 6 heteroatoms. The van der Waals surface area contributed by atoms with Crippen LogP contribution in [0.1, 0.15) is 17.2 Å². The average Bonchev–Trinajstić information content (AvgIpc) is 3.10. The van der Waals surface area contributed by atoms with Gasteiger partial charge in [0.1, 0.15) is 5.82 Å². The van der Waals surface area contributed by atoms with Crippen molar-refractivity contribution in [2.75, 3.05) is 6.54 Å². The Kier molecular flexibility index (Phi) is 2.99. The summed E-state index contributed by atoms with van der Waals surface area (Å²) in [5, 5.41) is 8.27. The molecule has 1 amide bonds. The molecule has 0 aliphatic carbocycles. The van der Waals surface area contributed by atoms with Gasteiger partial charge in [0, 0.05) is 18.0 Å². The first-order valence-corrected chi connectivity index (χ1v) is 8.02. The topological polar surface area (TPSA) is 51.0 Å². The average molecular weight is 300 g/mol. The number of fused-ring (bicyclic) bond motifs is 2. The second-order valence-corrected chi connectivity index (χ2v) is 6.74. The largest absolute Gasteiger partial charge is 0.332 e. The van der Waals surface area contributed by atoms with Crippen LogP contribution in [0.4, 0.5) is 0 Å². The second kappa shape index (κ2) is 4.87.